The molecule has 2 N–H and O–H groups in total. The van der Waals surface area contributed by atoms with E-state index in [2.05, 4.69) is 15.9 Å². The van der Waals surface area contributed by atoms with Gasteiger partial charge in [-0.25, -0.2) is 4.79 Å². The number of nitrogen functional groups attached to an aromatic ring is 1. The van der Waals surface area contributed by atoms with Gasteiger partial charge in [0.15, 0.2) is 0 Å². The van der Waals surface area contributed by atoms with E-state index in [4.69, 9.17) is 10.5 Å². The average Bonchev–Trinajstić information content (AvgIpc) is 2.34. The van der Waals surface area contributed by atoms with Gasteiger partial charge >= 0.3 is 5.97 Å². The van der Waals surface area contributed by atoms with Crippen LogP contribution in [0.3, 0.4) is 0 Å². The van der Waals surface area contributed by atoms with Crippen molar-refractivity contribution in [1.29, 1.82) is 0 Å². The molecular weight excluding hydrogens is 282 g/mol. The lowest BCUT2D eigenvalue weighted by Crippen LogP contribution is -2.20. The molecule has 0 aliphatic heterocycles. The molecule has 1 fully saturated rings. The molecule has 0 radical (unpaired) electrons. The first kappa shape index (κ1) is 12.4. The van der Waals surface area contributed by atoms with E-state index < -0.39 is 0 Å². The Kier molecular flexibility index (Phi) is 4.05. The number of ether oxygens (including phenoxy) is 1. The molecule has 0 heterocycles. The van der Waals surface area contributed by atoms with Crippen LogP contribution < -0.4 is 5.73 Å². The molecule has 0 bridgehead atoms. The van der Waals surface area contributed by atoms with Crippen molar-refractivity contribution in [2.24, 2.45) is 0 Å². The second-order valence-corrected chi connectivity index (χ2v) is 5.26. The first-order valence-corrected chi connectivity index (χ1v) is 6.72. The Balaban J connectivity index is 2.01. The molecule has 0 amide bonds. The molecule has 1 aliphatic rings. The normalized spacial score (nSPS) is 16.8. The number of carbonyl (C=O) groups excluding carboxylic acids is 1. The number of anilines is 1. The van der Waals surface area contributed by atoms with Gasteiger partial charge in [0, 0.05) is 10.2 Å². The van der Waals surface area contributed by atoms with Crippen molar-refractivity contribution < 1.29 is 9.53 Å². The molecule has 0 spiro atoms. The molecule has 2 rings (SSSR count). The molecule has 1 aromatic carbocycles. The van der Waals surface area contributed by atoms with Gasteiger partial charge in [0.25, 0.3) is 0 Å². The molecule has 1 saturated carbocycles. The summed E-state index contributed by atoms with van der Waals surface area (Å²) in [7, 11) is 0. The van der Waals surface area contributed by atoms with Crippen molar-refractivity contribution in [3.63, 3.8) is 0 Å². The summed E-state index contributed by atoms with van der Waals surface area (Å²) in [6.07, 6.45) is 5.63. The Morgan fingerprint density at radius 3 is 2.65 bits per heavy atom. The van der Waals surface area contributed by atoms with E-state index in [1.807, 2.05) is 0 Å². The summed E-state index contributed by atoms with van der Waals surface area (Å²) in [5, 5.41) is 0. The third-order valence-electron chi connectivity index (χ3n) is 3.06. The van der Waals surface area contributed by atoms with Crippen LogP contribution in [0.2, 0.25) is 0 Å². The lowest BCUT2D eigenvalue weighted by molar-refractivity contribution is 0.0211. The highest BCUT2D eigenvalue weighted by Crippen LogP contribution is 2.24. The van der Waals surface area contributed by atoms with E-state index in [9.17, 15) is 4.79 Å². The lowest BCUT2D eigenvalue weighted by atomic mass is 9.98. The Morgan fingerprint density at radius 2 is 2.00 bits per heavy atom. The van der Waals surface area contributed by atoms with Crippen molar-refractivity contribution in [2.75, 3.05) is 5.73 Å². The minimum Gasteiger partial charge on any atom is -0.459 e. The van der Waals surface area contributed by atoms with Crippen LogP contribution in [0.4, 0.5) is 5.69 Å². The third-order valence-corrected chi connectivity index (χ3v) is 3.75. The summed E-state index contributed by atoms with van der Waals surface area (Å²) in [5.74, 6) is -0.252. The predicted octanol–water partition coefficient (Wildman–Crippen LogP) is 3.52. The number of carbonyl (C=O) groups is 1. The summed E-state index contributed by atoms with van der Waals surface area (Å²) in [5.41, 5.74) is 6.85. The Labute approximate surface area is 109 Å². The number of rotatable bonds is 2. The number of hydrogen-bond acceptors (Lipinski definition) is 3. The highest BCUT2D eigenvalue weighted by molar-refractivity contribution is 9.10. The number of nitrogens with two attached hydrogens (primary N) is 1. The van der Waals surface area contributed by atoms with Crippen molar-refractivity contribution in [3.8, 4) is 0 Å². The molecule has 3 nitrogen and oxygen atoms in total. The third kappa shape index (κ3) is 3.22. The number of esters is 1. The lowest BCUT2D eigenvalue weighted by Gasteiger charge is -2.21. The van der Waals surface area contributed by atoms with Crippen LogP contribution in [0, 0.1) is 0 Å². The molecule has 1 aliphatic carbocycles. The van der Waals surface area contributed by atoms with Gasteiger partial charge in [0.1, 0.15) is 6.10 Å². The van der Waals surface area contributed by atoms with Crippen LogP contribution in [-0.4, -0.2) is 12.1 Å². The molecule has 0 atom stereocenters. The van der Waals surface area contributed by atoms with E-state index in [-0.39, 0.29) is 12.1 Å². The fourth-order valence-corrected chi connectivity index (χ4v) is 2.44. The van der Waals surface area contributed by atoms with E-state index >= 15 is 0 Å². The first-order valence-electron chi connectivity index (χ1n) is 5.93. The van der Waals surface area contributed by atoms with E-state index in [0.29, 0.717) is 11.3 Å². The van der Waals surface area contributed by atoms with Crippen LogP contribution in [0.5, 0.6) is 0 Å². The van der Waals surface area contributed by atoms with Gasteiger partial charge in [-0.2, -0.15) is 0 Å². The van der Waals surface area contributed by atoms with Crippen molar-refractivity contribution in [3.05, 3.63) is 28.2 Å². The van der Waals surface area contributed by atoms with Gasteiger partial charge in [-0.3, -0.25) is 0 Å². The zero-order valence-corrected chi connectivity index (χ0v) is 11.2. The molecule has 0 unspecified atom stereocenters. The summed E-state index contributed by atoms with van der Waals surface area (Å²) in [6.45, 7) is 0. The number of benzene rings is 1. The van der Waals surface area contributed by atoms with Gasteiger partial charge in [-0.05, 0) is 59.8 Å². The zero-order chi connectivity index (χ0) is 12.3. The van der Waals surface area contributed by atoms with Crippen molar-refractivity contribution in [1.82, 2.24) is 0 Å². The molecule has 17 heavy (non-hydrogen) atoms. The van der Waals surface area contributed by atoms with Crippen molar-refractivity contribution >= 4 is 27.6 Å². The SMILES string of the molecule is Nc1ccc(C(=O)OC2CCCCC2)cc1Br. The molecule has 4 heteroatoms. The Bertz CT molecular complexity index is 414. The monoisotopic (exact) mass is 297 g/mol. The van der Waals surface area contributed by atoms with Crippen LogP contribution in [0.1, 0.15) is 42.5 Å². The largest absolute Gasteiger partial charge is 0.459 e. The molecular formula is C13H16BrNO2. The fourth-order valence-electron chi connectivity index (χ4n) is 2.06. The number of hydrogen-bond donors (Lipinski definition) is 1. The average molecular weight is 298 g/mol. The first-order chi connectivity index (χ1) is 8.16. The van der Waals surface area contributed by atoms with Crippen LogP contribution in [0.25, 0.3) is 0 Å². The quantitative estimate of drug-likeness (QED) is 0.671. The zero-order valence-electron chi connectivity index (χ0n) is 9.62. The maximum atomic E-state index is 11.9. The molecule has 92 valence electrons. The van der Waals surface area contributed by atoms with Gasteiger partial charge in [0.2, 0.25) is 0 Å². The van der Waals surface area contributed by atoms with Crippen LogP contribution in [-0.2, 0) is 4.74 Å². The highest BCUT2D eigenvalue weighted by Gasteiger charge is 2.18. The fraction of sp³-hybridized carbons (Fsp3) is 0.462. The van der Waals surface area contributed by atoms with E-state index in [1.165, 1.54) is 6.42 Å². The summed E-state index contributed by atoms with van der Waals surface area (Å²) < 4.78 is 6.20. The number of halogens is 1. The second kappa shape index (κ2) is 5.54. The Morgan fingerprint density at radius 1 is 1.29 bits per heavy atom. The standard InChI is InChI=1S/C13H16BrNO2/c14-11-8-9(6-7-12(11)15)13(16)17-10-4-2-1-3-5-10/h6-8,10H,1-5,15H2. The van der Waals surface area contributed by atoms with Crippen molar-refractivity contribution in [2.45, 2.75) is 38.2 Å². The van der Waals surface area contributed by atoms with Crippen LogP contribution in [0.15, 0.2) is 22.7 Å². The Hall–Kier alpha value is -1.03. The van der Waals surface area contributed by atoms with Gasteiger partial charge in [-0.1, -0.05) is 6.42 Å². The second-order valence-electron chi connectivity index (χ2n) is 4.40. The summed E-state index contributed by atoms with van der Waals surface area (Å²) >= 11 is 3.31. The highest BCUT2D eigenvalue weighted by atomic mass is 79.9. The summed E-state index contributed by atoms with van der Waals surface area (Å²) in [6, 6.07) is 5.12. The van der Waals surface area contributed by atoms with E-state index in [0.717, 1.165) is 30.2 Å². The van der Waals surface area contributed by atoms with Gasteiger partial charge in [-0.15, -0.1) is 0 Å². The van der Waals surface area contributed by atoms with E-state index in [1.54, 1.807) is 18.2 Å². The smallest absolute Gasteiger partial charge is 0.338 e. The predicted molar refractivity (Wildman–Crippen MR) is 70.8 cm³/mol. The molecule has 1 aromatic rings. The minimum atomic E-state index is -0.252. The van der Waals surface area contributed by atoms with Gasteiger partial charge in [0.05, 0.1) is 5.56 Å². The minimum absolute atomic E-state index is 0.0904. The topological polar surface area (TPSA) is 52.3 Å². The maximum Gasteiger partial charge on any atom is 0.338 e. The van der Waals surface area contributed by atoms with Crippen LogP contribution >= 0.6 is 15.9 Å². The van der Waals surface area contributed by atoms with Gasteiger partial charge < -0.3 is 10.5 Å². The molecule has 0 aromatic heterocycles. The molecule has 0 saturated heterocycles. The maximum absolute atomic E-state index is 11.9. The summed E-state index contributed by atoms with van der Waals surface area (Å²) in [4.78, 5) is 11.9.